The van der Waals surface area contributed by atoms with E-state index in [1.54, 1.807) is 0 Å². The first kappa shape index (κ1) is 13.7. The Hall–Kier alpha value is -2.67. The average molecular weight is 323 g/mol. The van der Waals surface area contributed by atoms with Gasteiger partial charge in [-0.2, -0.15) is 10.1 Å². The lowest BCUT2D eigenvalue weighted by molar-refractivity contribution is 0.357. The van der Waals surface area contributed by atoms with Crippen molar-refractivity contribution in [1.82, 2.24) is 25.2 Å². The van der Waals surface area contributed by atoms with E-state index in [1.165, 1.54) is 5.56 Å². The Morgan fingerprint density at radius 3 is 3.21 bits per heavy atom. The molecule has 0 bridgehead atoms. The summed E-state index contributed by atoms with van der Waals surface area (Å²) < 4.78 is 13.0. The Kier molecular flexibility index (Phi) is 2.96. The smallest absolute Gasteiger partial charge is 0.278 e. The van der Waals surface area contributed by atoms with E-state index in [0.717, 1.165) is 48.8 Å². The fourth-order valence-corrected chi connectivity index (χ4v) is 3.23. The monoisotopic (exact) mass is 323 g/mol. The van der Waals surface area contributed by atoms with Crippen molar-refractivity contribution in [3.8, 4) is 28.7 Å². The quantitative estimate of drug-likeness (QED) is 0.777. The van der Waals surface area contributed by atoms with Crippen molar-refractivity contribution < 1.29 is 9.26 Å². The minimum Gasteiger partial charge on any atom is -0.493 e. The number of hydrogen-bond acceptors (Lipinski definition) is 6. The lowest BCUT2D eigenvalue weighted by Crippen LogP contribution is -2.36. The predicted octanol–water partition coefficient (Wildman–Crippen LogP) is 2.03. The van der Waals surface area contributed by atoms with Gasteiger partial charge in [0, 0.05) is 24.6 Å². The zero-order valence-electron chi connectivity index (χ0n) is 13.3. The van der Waals surface area contributed by atoms with Crippen LogP contribution in [0.25, 0.3) is 23.0 Å². The van der Waals surface area contributed by atoms with Gasteiger partial charge in [0.05, 0.1) is 18.8 Å². The molecule has 2 aliphatic rings. The summed E-state index contributed by atoms with van der Waals surface area (Å²) >= 11 is 0. The number of benzene rings is 1. The van der Waals surface area contributed by atoms with Gasteiger partial charge in [-0.25, -0.2) is 0 Å². The molecule has 2 aliphatic heterocycles. The van der Waals surface area contributed by atoms with Crippen molar-refractivity contribution in [3.05, 3.63) is 35.5 Å². The van der Waals surface area contributed by atoms with Gasteiger partial charge < -0.3 is 14.6 Å². The molecule has 0 spiro atoms. The van der Waals surface area contributed by atoms with Crippen LogP contribution in [0.1, 0.15) is 18.2 Å². The van der Waals surface area contributed by atoms with E-state index in [4.69, 9.17) is 9.26 Å². The van der Waals surface area contributed by atoms with Crippen molar-refractivity contribution in [2.24, 2.45) is 0 Å². The SMILES string of the molecule is CC1Cn2nc(-c3nc(-c4ccc5c(c4)CCO5)no3)cc2CN1. The summed E-state index contributed by atoms with van der Waals surface area (Å²) in [6.45, 7) is 4.54. The van der Waals surface area contributed by atoms with Crippen molar-refractivity contribution in [2.45, 2.75) is 32.5 Å². The van der Waals surface area contributed by atoms with Crippen LogP contribution in [0, 0.1) is 0 Å². The number of rotatable bonds is 2. The number of ether oxygens (including phenoxy) is 1. The normalized spacial score (nSPS) is 19.0. The molecule has 4 heterocycles. The van der Waals surface area contributed by atoms with Crippen LogP contribution in [0.2, 0.25) is 0 Å². The van der Waals surface area contributed by atoms with Gasteiger partial charge >= 0.3 is 0 Å². The lowest BCUT2D eigenvalue weighted by Gasteiger charge is -2.21. The van der Waals surface area contributed by atoms with Crippen molar-refractivity contribution in [3.63, 3.8) is 0 Å². The number of aromatic nitrogens is 4. The largest absolute Gasteiger partial charge is 0.493 e. The molecular formula is C17H17N5O2. The number of nitrogens with one attached hydrogen (secondary N) is 1. The highest BCUT2D eigenvalue weighted by Gasteiger charge is 2.21. The van der Waals surface area contributed by atoms with E-state index >= 15 is 0 Å². The molecule has 0 saturated heterocycles. The number of hydrogen-bond donors (Lipinski definition) is 1. The fraction of sp³-hybridized carbons (Fsp3) is 0.353. The molecule has 122 valence electrons. The second-order valence-corrected chi connectivity index (χ2v) is 6.33. The summed E-state index contributed by atoms with van der Waals surface area (Å²) in [5, 5.41) is 12.1. The van der Waals surface area contributed by atoms with Gasteiger partial charge in [0.2, 0.25) is 5.82 Å². The molecular weight excluding hydrogens is 306 g/mol. The summed E-state index contributed by atoms with van der Waals surface area (Å²) in [6.07, 6.45) is 0.923. The maximum Gasteiger partial charge on any atom is 0.278 e. The summed E-state index contributed by atoms with van der Waals surface area (Å²) in [5.41, 5.74) is 3.99. The number of fused-ring (bicyclic) bond motifs is 2. The van der Waals surface area contributed by atoms with Crippen LogP contribution in [0.5, 0.6) is 5.75 Å². The van der Waals surface area contributed by atoms with E-state index in [0.29, 0.717) is 17.8 Å². The van der Waals surface area contributed by atoms with Crippen molar-refractivity contribution in [2.75, 3.05) is 6.61 Å². The maximum atomic E-state index is 5.54. The van der Waals surface area contributed by atoms with Gasteiger partial charge in [0.1, 0.15) is 5.75 Å². The van der Waals surface area contributed by atoms with Gasteiger partial charge in [-0.15, -0.1) is 0 Å². The van der Waals surface area contributed by atoms with Crippen LogP contribution in [-0.2, 0) is 19.5 Å². The second-order valence-electron chi connectivity index (χ2n) is 6.33. The standard InChI is InChI=1S/C17H17N5O2/c1-10-9-22-13(8-18-10)7-14(20-22)17-19-16(21-24-17)12-2-3-15-11(6-12)4-5-23-15/h2-3,6-7,10,18H,4-5,8-9H2,1H3. The molecule has 1 aromatic carbocycles. The third kappa shape index (κ3) is 2.20. The third-order valence-electron chi connectivity index (χ3n) is 4.53. The molecule has 5 rings (SSSR count). The number of nitrogens with zero attached hydrogens (tertiary/aromatic N) is 4. The molecule has 1 N–H and O–H groups in total. The first-order valence-electron chi connectivity index (χ1n) is 8.16. The molecule has 1 unspecified atom stereocenters. The molecule has 1 atom stereocenters. The van der Waals surface area contributed by atoms with Gasteiger partial charge in [0.25, 0.3) is 5.89 Å². The van der Waals surface area contributed by atoms with E-state index in [1.807, 2.05) is 22.9 Å². The van der Waals surface area contributed by atoms with E-state index < -0.39 is 0 Å². The molecule has 0 radical (unpaired) electrons. The molecule has 24 heavy (non-hydrogen) atoms. The molecule has 0 aliphatic carbocycles. The molecule has 0 saturated carbocycles. The second kappa shape index (κ2) is 5.17. The molecule has 3 aromatic rings. The maximum absolute atomic E-state index is 5.54. The first-order chi connectivity index (χ1) is 11.8. The lowest BCUT2D eigenvalue weighted by atomic mass is 10.1. The first-order valence-corrected chi connectivity index (χ1v) is 8.16. The topological polar surface area (TPSA) is 78.0 Å². The highest BCUT2D eigenvalue weighted by atomic mass is 16.5. The van der Waals surface area contributed by atoms with Crippen molar-refractivity contribution >= 4 is 0 Å². The van der Waals surface area contributed by atoms with Gasteiger partial charge in [0.15, 0.2) is 5.69 Å². The molecule has 0 fully saturated rings. The zero-order chi connectivity index (χ0) is 16.1. The highest BCUT2D eigenvalue weighted by Crippen LogP contribution is 2.30. The van der Waals surface area contributed by atoms with Gasteiger partial charge in [-0.05, 0) is 36.8 Å². The van der Waals surface area contributed by atoms with Crippen LogP contribution in [0.15, 0.2) is 28.8 Å². The van der Waals surface area contributed by atoms with Crippen LogP contribution in [0.4, 0.5) is 0 Å². The van der Waals surface area contributed by atoms with Crippen LogP contribution >= 0.6 is 0 Å². The Morgan fingerprint density at radius 2 is 2.25 bits per heavy atom. The summed E-state index contributed by atoms with van der Waals surface area (Å²) in [7, 11) is 0. The van der Waals surface area contributed by atoms with Crippen LogP contribution in [-0.4, -0.2) is 32.6 Å². The predicted molar refractivity (Wildman–Crippen MR) is 86.5 cm³/mol. The summed E-state index contributed by atoms with van der Waals surface area (Å²) in [4.78, 5) is 4.52. The Labute approximate surface area is 138 Å². The Bertz CT molecular complexity index is 914. The minimum absolute atomic E-state index is 0.414. The minimum atomic E-state index is 0.414. The van der Waals surface area contributed by atoms with Gasteiger partial charge in [-0.1, -0.05) is 5.16 Å². The van der Waals surface area contributed by atoms with Crippen LogP contribution in [0.3, 0.4) is 0 Å². The Morgan fingerprint density at radius 1 is 1.29 bits per heavy atom. The average Bonchev–Trinajstić information content (AvgIpc) is 3.31. The molecule has 7 heteroatoms. The van der Waals surface area contributed by atoms with Crippen LogP contribution < -0.4 is 10.1 Å². The molecule has 7 nitrogen and oxygen atoms in total. The zero-order valence-corrected chi connectivity index (χ0v) is 13.3. The highest BCUT2D eigenvalue weighted by molar-refractivity contribution is 5.61. The van der Waals surface area contributed by atoms with E-state index in [-0.39, 0.29) is 0 Å². The van der Waals surface area contributed by atoms with Crippen molar-refractivity contribution in [1.29, 1.82) is 0 Å². The van der Waals surface area contributed by atoms with Gasteiger partial charge in [-0.3, -0.25) is 4.68 Å². The third-order valence-corrected chi connectivity index (χ3v) is 4.53. The Balaban J connectivity index is 1.47. The van der Waals surface area contributed by atoms with E-state index in [9.17, 15) is 0 Å². The fourth-order valence-electron chi connectivity index (χ4n) is 3.23. The molecule has 2 aromatic heterocycles. The summed E-state index contributed by atoms with van der Waals surface area (Å²) in [6, 6.07) is 8.42. The summed E-state index contributed by atoms with van der Waals surface area (Å²) in [5.74, 6) is 1.99. The van der Waals surface area contributed by atoms with E-state index in [2.05, 4.69) is 33.5 Å². The molecule has 0 amide bonds.